The number of halogens is 1. The van der Waals surface area contributed by atoms with E-state index >= 15 is 0 Å². The Morgan fingerprint density at radius 3 is 2.38 bits per heavy atom. The molecule has 3 nitrogen and oxygen atoms in total. The Kier molecular flexibility index (Phi) is 5.67. The van der Waals surface area contributed by atoms with Crippen LogP contribution >= 0.6 is 11.6 Å². The SMILES string of the molecule is CCC(CC)(C(NN)c1ccc(C)c(Cl)c1)N1CCCC1. The van der Waals surface area contributed by atoms with E-state index in [1.807, 2.05) is 6.92 Å². The molecule has 0 bridgehead atoms. The Balaban J connectivity index is 2.41. The minimum Gasteiger partial charge on any atom is -0.296 e. The van der Waals surface area contributed by atoms with Crippen molar-refractivity contribution < 1.29 is 0 Å². The van der Waals surface area contributed by atoms with Crippen molar-refractivity contribution in [3.63, 3.8) is 0 Å². The first-order valence-electron chi connectivity index (χ1n) is 8.06. The van der Waals surface area contributed by atoms with Crippen LogP contribution < -0.4 is 11.3 Å². The van der Waals surface area contributed by atoms with Gasteiger partial charge in [-0.25, -0.2) is 0 Å². The first-order chi connectivity index (χ1) is 10.1. The highest BCUT2D eigenvalue weighted by Gasteiger charge is 2.42. The highest BCUT2D eigenvalue weighted by Crippen LogP contribution is 2.39. The molecule has 0 spiro atoms. The maximum Gasteiger partial charge on any atom is 0.0644 e. The number of likely N-dealkylation sites (tertiary alicyclic amines) is 1. The van der Waals surface area contributed by atoms with Gasteiger partial charge in [0.25, 0.3) is 0 Å². The van der Waals surface area contributed by atoms with Gasteiger partial charge in [0.2, 0.25) is 0 Å². The molecule has 0 radical (unpaired) electrons. The minimum absolute atomic E-state index is 0.0594. The van der Waals surface area contributed by atoms with Crippen LogP contribution in [0.2, 0.25) is 5.02 Å². The average Bonchev–Trinajstić information content (AvgIpc) is 3.02. The van der Waals surface area contributed by atoms with Gasteiger partial charge in [-0.2, -0.15) is 0 Å². The van der Waals surface area contributed by atoms with Gasteiger partial charge in [0, 0.05) is 10.6 Å². The van der Waals surface area contributed by atoms with Crippen molar-refractivity contribution in [3.05, 3.63) is 34.3 Å². The third kappa shape index (κ3) is 3.11. The summed E-state index contributed by atoms with van der Waals surface area (Å²) in [6, 6.07) is 6.41. The lowest BCUT2D eigenvalue weighted by molar-refractivity contribution is 0.0617. The van der Waals surface area contributed by atoms with Crippen molar-refractivity contribution >= 4 is 11.6 Å². The topological polar surface area (TPSA) is 41.3 Å². The van der Waals surface area contributed by atoms with Gasteiger partial charge in [0.1, 0.15) is 0 Å². The highest BCUT2D eigenvalue weighted by molar-refractivity contribution is 6.31. The third-order valence-electron chi connectivity index (χ3n) is 5.19. The Bertz CT molecular complexity index is 465. The number of nitrogens with one attached hydrogen (secondary N) is 1. The molecule has 118 valence electrons. The van der Waals surface area contributed by atoms with Gasteiger partial charge < -0.3 is 0 Å². The van der Waals surface area contributed by atoms with E-state index in [-0.39, 0.29) is 11.6 Å². The maximum absolute atomic E-state index is 6.33. The van der Waals surface area contributed by atoms with Crippen molar-refractivity contribution in [3.8, 4) is 0 Å². The molecule has 1 aliphatic heterocycles. The van der Waals surface area contributed by atoms with Crippen molar-refractivity contribution in [2.24, 2.45) is 5.84 Å². The molecule has 21 heavy (non-hydrogen) atoms. The number of nitrogens with zero attached hydrogens (tertiary/aromatic N) is 1. The molecule has 1 unspecified atom stereocenters. The van der Waals surface area contributed by atoms with E-state index in [9.17, 15) is 0 Å². The molecular weight excluding hydrogens is 282 g/mol. The minimum atomic E-state index is 0.0594. The first kappa shape index (κ1) is 16.8. The summed E-state index contributed by atoms with van der Waals surface area (Å²) in [7, 11) is 0. The van der Waals surface area contributed by atoms with E-state index in [1.54, 1.807) is 0 Å². The Morgan fingerprint density at radius 2 is 1.90 bits per heavy atom. The van der Waals surface area contributed by atoms with Gasteiger partial charge in [0.15, 0.2) is 0 Å². The predicted molar refractivity (Wildman–Crippen MR) is 90.4 cm³/mol. The standard InChI is InChI=1S/C17H28ClN3/c1-4-17(5-2,21-10-6-7-11-21)16(20-19)14-9-8-13(3)15(18)12-14/h8-9,12,16,20H,4-7,10-11,19H2,1-3H3. The lowest BCUT2D eigenvalue weighted by atomic mass is 9.79. The van der Waals surface area contributed by atoms with Crippen LogP contribution in [0.25, 0.3) is 0 Å². The van der Waals surface area contributed by atoms with Crippen LogP contribution in [0.4, 0.5) is 0 Å². The zero-order valence-electron chi connectivity index (χ0n) is 13.5. The smallest absolute Gasteiger partial charge is 0.0644 e. The molecule has 0 amide bonds. The van der Waals surface area contributed by atoms with Crippen LogP contribution in [0, 0.1) is 6.92 Å². The molecule has 1 saturated heterocycles. The second-order valence-corrected chi connectivity index (χ2v) is 6.52. The molecule has 0 saturated carbocycles. The van der Waals surface area contributed by atoms with Crippen molar-refractivity contribution in [1.82, 2.24) is 10.3 Å². The fourth-order valence-corrected chi connectivity index (χ4v) is 3.99. The summed E-state index contributed by atoms with van der Waals surface area (Å²) < 4.78 is 0. The number of hydrazine groups is 1. The van der Waals surface area contributed by atoms with Crippen LogP contribution in [0.5, 0.6) is 0 Å². The summed E-state index contributed by atoms with van der Waals surface area (Å²) in [6.45, 7) is 8.90. The fraction of sp³-hybridized carbons (Fsp3) is 0.647. The average molecular weight is 310 g/mol. The van der Waals surface area contributed by atoms with E-state index in [4.69, 9.17) is 17.4 Å². The zero-order valence-corrected chi connectivity index (χ0v) is 14.2. The van der Waals surface area contributed by atoms with Crippen LogP contribution in [0.3, 0.4) is 0 Å². The first-order valence-corrected chi connectivity index (χ1v) is 8.44. The zero-order chi connectivity index (χ0) is 15.5. The Labute approximate surface area is 133 Å². The third-order valence-corrected chi connectivity index (χ3v) is 5.60. The van der Waals surface area contributed by atoms with Gasteiger partial charge >= 0.3 is 0 Å². The van der Waals surface area contributed by atoms with Crippen molar-refractivity contribution in [2.45, 2.75) is 58.0 Å². The van der Waals surface area contributed by atoms with Gasteiger partial charge in [-0.15, -0.1) is 0 Å². The molecule has 1 fully saturated rings. The second kappa shape index (κ2) is 7.10. The van der Waals surface area contributed by atoms with Gasteiger partial charge in [-0.3, -0.25) is 16.2 Å². The number of rotatable bonds is 6. The Morgan fingerprint density at radius 1 is 1.29 bits per heavy atom. The number of hydrogen-bond acceptors (Lipinski definition) is 3. The summed E-state index contributed by atoms with van der Waals surface area (Å²) in [4.78, 5) is 2.62. The van der Waals surface area contributed by atoms with E-state index < -0.39 is 0 Å². The molecule has 2 rings (SSSR count). The normalized spacial score (nSPS) is 18.1. The van der Waals surface area contributed by atoms with E-state index in [0.717, 1.165) is 23.4 Å². The molecule has 1 aromatic carbocycles. The number of benzene rings is 1. The summed E-state index contributed by atoms with van der Waals surface area (Å²) in [6.07, 6.45) is 4.72. The predicted octanol–water partition coefficient (Wildman–Crippen LogP) is 3.81. The van der Waals surface area contributed by atoms with E-state index in [1.165, 1.54) is 31.5 Å². The van der Waals surface area contributed by atoms with Gasteiger partial charge in [-0.05, 0) is 62.9 Å². The molecule has 0 aliphatic carbocycles. The van der Waals surface area contributed by atoms with Crippen LogP contribution in [-0.2, 0) is 0 Å². The summed E-state index contributed by atoms with van der Waals surface area (Å²) in [5.41, 5.74) is 5.44. The highest BCUT2D eigenvalue weighted by atomic mass is 35.5. The second-order valence-electron chi connectivity index (χ2n) is 6.11. The maximum atomic E-state index is 6.33. The number of aryl methyl sites for hydroxylation is 1. The fourth-order valence-electron chi connectivity index (χ4n) is 3.80. The number of hydrogen-bond donors (Lipinski definition) is 2. The molecule has 1 aliphatic rings. The largest absolute Gasteiger partial charge is 0.296 e. The van der Waals surface area contributed by atoms with Crippen molar-refractivity contribution in [2.75, 3.05) is 13.1 Å². The number of nitrogens with two attached hydrogens (primary N) is 1. The van der Waals surface area contributed by atoms with Crippen LogP contribution in [0.15, 0.2) is 18.2 Å². The van der Waals surface area contributed by atoms with Gasteiger partial charge in [-0.1, -0.05) is 37.6 Å². The molecular formula is C17H28ClN3. The van der Waals surface area contributed by atoms with E-state index in [2.05, 4.69) is 42.4 Å². The lowest BCUT2D eigenvalue weighted by Gasteiger charge is -2.46. The molecule has 3 N–H and O–H groups in total. The molecule has 1 heterocycles. The lowest BCUT2D eigenvalue weighted by Crippen LogP contribution is -2.56. The van der Waals surface area contributed by atoms with Gasteiger partial charge in [0.05, 0.1) is 6.04 Å². The van der Waals surface area contributed by atoms with E-state index in [0.29, 0.717) is 0 Å². The van der Waals surface area contributed by atoms with Crippen LogP contribution in [-0.4, -0.2) is 23.5 Å². The van der Waals surface area contributed by atoms with Crippen molar-refractivity contribution in [1.29, 1.82) is 0 Å². The Hall–Kier alpha value is -0.610. The monoisotopic (exact) mass is 309 g/mol. The summed E-state index contributed by atoms with van der Waals surface area (Å²) in [5, 5.41) is 0.815. The molecule has 1 aromatic rings. The quantitative estimate of drug-likeness (QED) is 0.620. The summed E-state index contributed by atoms with van der Waals surface area (Å²) >= 11 is 6.33. The molecule has 1 atom stereocenters. The molecule has 4 heteroatoms. The molecule has 0 aromatic heterocycles. The van der Waals surface area contributed by atoms with Crippen LogP contribution in [0.1, 0.15) is 56.7 Å². The summed E-state index contributed by atoms with van der Waals surface area (Å²) in [5.74, 6) is 5.98.